The van der Waals surface area contributed by atoms with E-state index >= 15 is 0 Å². The first-order valence-electron chi connectivity index (χ1n) is 6.38. The van der Waals surface area contributed by atoms with Gasteiger partial charge >= 0.3 is 0 Å². The molecule has 0 saturated carbocycles. The van der Waals surface area contributed by atoms with E-state index in [0.717, 1.165) is 5.56 Å². The molecule has 3 rings (SSSR count). The minimum absolute atomic E-state index is 0.102. The summed E-state index contributed by atoms with van der Waals surface area (Å²) in [4.78, 5) is 22.9. The second kappa shape index (κ2) is 5.46. The van der Waals surface area contributed by atoms with E-state index in [2.05, 4.69) is 20.3 Å². The lowest BCUT2D eigenvalue weighted by atomic mass is 10.2. The molecule has 0 saturated heterocycles. The van der Waals surface area contributed by atoms with Crippen LogP contribution in [0.5, 0.6) is 0 Å². The van der Waals surface area contributed by atoms with E-state index in [9.17, 15) is 4.79 Å². The summed E-state index contributed by atoms with van der Waals surface area (Å²) in [5, 5.41) is 11.8. The Morgan fingerprint density at radius 2 is 2.14 bits per heavy atom. The number of rotatable bonds is 4. The highest BCUT2D eigenvalue weighted by atomic mass is 16.1. The lowest BCUT2D eigenvalue weighted by Gasteiger charge is -2.05. The van der Waals surface area contributed by atoms with Crippen LogP contribution in [0.4, 0.5) is 5.95 Å². The van der Waals surface area contributed by atoms with Crippen LogP contribution in [-0.4, -0.2) is 19.5 Å². The van der Waals surface area contributed by atoms with Crippen molar-refractivity contribution in [2.75, 3.05) is 5.32 Å². The number of anilines is 1. The van der Waals surface area contributed by atoms with Crippen molar-refractivity contribution in [3.05, 3.63) is 52.6 Å². The van der Waals surface area contributed by atoms with Crippen LogP contribution in [-0.2, 0) is 13.1 Å². The lowest BCUT2D eigenvalue weighted by Crippen LogP contribution is -2.14. The van der Waals surface area contributed by atoms with Crippen LogP contribution >= 0.6 is 0 Å². The molecule has 0 unspecified atom stereocenters. The maximum Gasteiger partial charge on any atom is 0.280 e. The number of imidazole rings is 1. The zero-order chi connectivity index (χ0) is 14.7. The first-order valence-corrected chi connectivity index (χ1v) is 6.38. The zero-order valence-corrected chi connectivity index (χ0v) is 11.1. The summed E-state index contributed by atoms with van der Waals surface area (Å²) in [5.41, 5.74) is 1.38. The van der Waals surface area contributed by atoms with E-state index in [4.69, 9.17) is 5.26 Å². The maximum absolute atomic E-state index is 11.9. The highest BCUT2D eigenvalue weighted by Crippen LogP contribution is 2.08. The molecule has 0 radical (unpaired) electrons. The minimum atomic E-state index is -0.327. The van der Waals surface area contributed by atoms with Crippen molar-refractivity contribution >= 4 is 17.1 Å². The van der Waals surface area contributed by atoms with Gasteiger partial charge in [0.25, 0.3) is 5.56 Å². The van der Waals surface area contributed by atoms with Gasteiger partial charge in [0.05, 0.1) is 12.4 Å². The molecule has 2 N–H and O–H groups in total. The third-order valence-corrected chi connectivity index (χ3v) is 3.02. The van der Waals surface area contributed by atoms with E-state index < -0.39 is 0 Å². The Hall–Kier alpha value is -3.14. The number of aromatic amines is 1. The van der Waals surface area contributed by atoms with Crippen LogP contribution in [0.25, 0.3) is 11.2 Å². The maximum atomic E-state index is 11.9. The van der Waals surface area contributed by atoms with Gasteiger partial charge in [0, 0.05) is 6.54 Å². The van der Waals surface area contributed by atoms with Gasteiger partial charge in [-0.25, -0.2) is 4.98 Å². The van der Waals surface area contributed by atoms with Crippen LogP contribution in [0.15, 0.2) is 41.5 Å². The Morgan fingerprint density at radius 1 is 1.33 bits per heavy atom. The van der Waals surface area contributed by atoms with E-state index in [1.165, 1.54) is 10.9 Å². The van der Waals surface area contributed by atoms with Gasteiger partial charge < -0.3 is 9.88 Å². The first-order chi connectivity index (χ1) is 10.3. The molecule has 2 aromatic heterocycles. The fraction of sp³-hybridized carbons (Fsp3) is 0.143. The van der Waals surface area contributed by atoms with Crippen LogP contribution in [0.2, 0.25) is 0 Å². The Kier molecular flexibility index (Phi) is 3.35. The summed E-state index contributed by atoms with van der Waals surface area (Å²) in [6, 6.07) is 11.8. The van der Waals surface area contributed by atoms with Crippen LogP contribution in [0, 0.1) is 11.3 Å². The van der Waals surface area contributed by atoms with Crippen LogP contribution in [0.1, 0.15) is 5.56 Å². The van der Waals surface area contributed by atoms with Crippen molar-refractivity contribution in [3.63, 3.8) is 0 Å². The minimum Gasteiger partial charge on any atom is -0.352 e. The van der Waals surface area contributed by atoms with Gasteiger partial charge in [0.1, 0.15) is 6.54 Å². The number of nitriles is 1. The Balaban J connectivity index is 1.91. The predicted octanol–water partition coefficient (Wildman–Crippen LogP) is 1.26. The molecule has 0 aliphatic rings. The quantitative estimate of drug-likeness (QED) is 0.749. The molecule has 7 nitrogen and oxygen atoms in total. The normalized spacial score (nSPS) is 10.4. The summed E-state index contributed by atoms with van der Waals surface area (Å²) in [7, 11) is 0. The second-order valence-electron chi connectivity index (χ2n) is 4.46. The molecule has 3 aromatic rings. The highest BCUT2D eigenvalue weighted by molar-refractivity contribution is 5.70. The first kappa shape index (κ1) is 12.9. The molecule has 2 heterocycles. The number of hydrogen-bond acceptors (Lipinski definition) is 5. The molecule has 0 spiro atoms. The zero-order valence-electron chi connectivity index (χ0n) is 11.1. The number of fused-ring (bicyclic) bond motifs is 1. The van der Waals surface area contributed by atoms with Crippen molar-refractivity contribution < 1.29 is 0 Å². The lowest BCUT2D eigenvalue weighted by molar-refractivity contribution is 0.846. The highest BCUT2D eigenvalue weighted by Gasteiger charge is 2.09. The molecule has 0 amide bonds. The summed E-state index contributed by atoms with van der Waals surface area (Å²) in [6.45, 7) is 0.646. The number of H-pyrrole nitrogens is 1. The predicted molar refractivity (Wildman–Crippen MR) is 77.5 cm³/mol. The van der Waals surface area contributed by atoms with Gasteiger partial charge in [-0.05, 0) is 5.56 Å². The van der Waals surface area contributed by atoms with Crippen molar-refractivity contribution in [1.29, 1.82) is 5.26 Å². The number of nitrogens with one attached hydrogen (secondary N) is 2. The van der Waals surface area contributed by atoms with Crippen molar-refractivity contribution in [2.24, 2.45) is 0 Å². The summed E-state index contributed by atoms with van der Waals surface area (Å²) in [5.74, 6) is 0.357. The molecule has 0 aliphatic carbocycles. The third kappa shape index (κ3) is 2.60. The number of benzene rings is 1. The van der Waals surface area contributed by atoms with Crippen molar-refractivity contribution in [1.82, 2.24) is 19.5 Å². The fourth-order valence-corrected chi connectivity index (χ4v) is 2.01. The average molecular weight is 280 g/mol. The molecular weight excluding hydrogens is 268 g/mol. The summed E-state index contributed by atoms with van der Waals surface area (Å²) in [6.07, 6.45) is 1.44. The van der Waals surface area contributed by atoms with Crippen LogP contribution in [0.3, 0.4) is 0 Å². The SMILES string of the molecule is N#CCn1cnc2c(=O)[nH]c(NCc3ccccc3)nc21. The standard InChI is InChI=1S/C14H12N6O/c15-6-7-20-9-17-11-12(20)18-14(19-13(11)21)16-8-10-4-2-1-3-5-10/h1-5,9H,7-8H2,(H2,16,18,19,21). The topological polar surface area (TPSA) is 99.4 Å². The monoisotopic (exact) mass is 280 g/mol. The fourth-order valence-electron chi connectivity index (χ4n) is 2.01. The molecule has 7 heteroatoms. The van der Waals surface area contributed by atoms with E-state index in [1.54, 1.807) is 0 Å². The van der Waals surface area contributed by atoms with Gasteiger partial charge in [0.15, 0.2) is 11.2 Å². The Labute approximate surface area is 119 Å². The van der Waals surface area contributed by atoms with E-state index in [-0.39, 0.29) is 17.6 Å². The molecule has 0 fully saturated rings. The molecule has 0 atom stereocenters. The number of hydrogen-bond donors (Lipinski definition) is 2. The molecular formula is C14H12N6O. The van der Waals surface area contributed by atoms with Gasteiger partial charge in [-0.1, -0.05) is 30.3 Å². The van der Waals surface area contributed by atoms with E-state index in [1.807, 2.05) is 36.4 Å². The second-order valence-corrected chi connectivity index (χ2v) is 4.46. The number of nitrogens with zero attached hydrogens (tertiary/aromatic N) is 4. The van der Waals surface area contributed by atoms with E-state index in [0.29, 0.717) is 18.1 Å². The van der Waals surface area contributed by atoms with Crippen LogP contribution < -0.4 is 10.9 Å². The third-order valence-electron chi connectivity index (χ3n) is 3.02. The van der Waals surface area contributed by atoms with Crippen molar-refractivity contribution in [3.8, 4) is 6.07 Å². The molecule has 1 aromatic carbocycles. The van der Waals surface area contributed by atoms with Gasteiger partial charge in [0.2, 0.25) is 5.95 Å². The largest absolute Gasteiger partial charge is 0.352 e. The summed E-state index contributed by atoms with van der Waals surface area (Å²) >= 11 is 0. The van der Waals surface area contributed by atoms with Crippen molar-refractivity contribution in [2.45, 2.75) is 13.1 Å². The average Bonchev–Trinajstić information content (AvgIpc) is 2.90. The Bertz CT molecular complexity index is 859. The molecule has 0 aliphatic heterocycles. The molecule has 21 heavy (non-hydrogen) atoms. The Morgan fingerprint density at radius 3 is 2.90 bits per heavy atom. The van der Waals surface area contributed by atoms with Gasteiger partial charge in [-0.3, -0.25) is 9.78 Å². The molecule has 0 bridgehead atoms. The summed E-state index contributed by atoms with van der Waals surface area (Å²) < 4.78 is 1.54. The number of aromatic nitrogens is 4. The van der Waals surface area contributed by atoms with Gasteiger partial charge in [-0.2, -0.15) is 10.2 Å². The molecule has 104 valence electrons. The van der Waals surface area contributed by atoms with Gasteiger partial charge in [-0.15, -0.1) is 0 Å². The smallest absolute Gasteiger partial charge is 0.280 e.